The predicted molar refractivity (Wildman–Crippen MR) is 81.7 cm³/mol. The lowest BCUT2D eigenvalue weighted by Crippen LogP contribution is -2.42. The SMILES string of the molecule is O=C(CCl)N(c1c(Cl)cccc1Cl)[C@@H]1CCS(=O)(=O)C1. The number of alkyl halides is 1. The second-order valence-electron chi connectivity index (χ2n) is 4.52. The molecule has 1 saturated heterocycles. The third kappa shape index (κ3) is 3.22. The standard InChI is InChI=1S/C12H12Cl3NO3S/c13-6-11(17)16(8-4-5-20(18,19)7-8)12-9(14)2-1-3-10(12)15/h1-3,8H,4-7H2/t8-/m1/s1. The maximum Gasteiger partial charge on any atom is 0.242 e. The minimum absolute atomic E-state index is 0.0474. The van der Waals surface area contributed by atoms with Crippen LogP contribution in [-0.2, 0) is 14.6 Å². The lowest BCUT2D eigenvalue weighted by atomic mass is 10.2. The topological polar surface area (TPSA) is 54.5 Å². The van der Waals surface area contributed by atoms with Crippen LogP contribution in [0.25, 0.3) is 0 Å². The fraction of sp³-hybridized carbons (Fsp3) is 0.417. The summed E-state index contributed by atoms with van der Waals surface area (Å²) >= 11 is 17.8. The smallest absolute Gasteiger partial charge is 0.242 e. The molecule has 0 radical (unpaired) electrons. The number of nitrogens with zero attached hydrogens (tertiary/aromatic N) is 1. The van der Waals surface area contributed by atoms with Gasteiger partial charge in [0.25, 0.3) is 0 Å². The molecule has 1 aromatic rings. The van der Waals surface area contributed by atoms with Gasteiger partial charge < -0.3 is 4.90 Å². The van der Waals surface area contributed by atoms with Crippen molar-refractivity contribution in [2.75, 3.05) is 22.3 Å². The van der Waals surface area contributed by atoms with E-state index in [4.69, 9.17) is 34.8 Å². The molecule has 1 atom stereocenters. The highest BCUT2D eigenvalue weighted by atomic mass is 35.5. The van der Waals surface area contributed by atoms with Crippen LogP contribution in [0.3, 0.4) is 0 Å². The number of sulfone groups is 1. The number of halogens is 3. The Hall–Kier alpha value is -0.490. The number of rotatable bonds is 3. The van der Waals surface area contributed by atoms with Gasteiger partial charge in [-0.25, -0.2) is 8.42 Å². The number of carbonyl (C=O) groups is 1. The summed E-state index contributed by atoms with van der Waals surface area (Å²) in [6.45, 7) is 0. The van der Waals surface area contributed by atoms with E-state index in [0.717, 1.165) is 0 Å². The largest absolute Gasteiger partial charge is 0.304 e. The molecule has 0 bridgehead atoms. The Bertz CT molecular complexity index is 613. The van der Waals surface area contributed by atoms with Crippen LogP contribution in [-0.4, -0.2) is 37.8 Å². The summed E-state index contributed by atoms with van der Waals surface area (Å²) in [5.41, 5.74) is 0.323. The van der Waals surface area contributed by atoms with Gasteiger partial charge in [0.05, 0.1) is 33.3 Å². The molecule has 0 aliphatic carbocycles. The molecule has 1 aliphatic rings. The fourth-order valence-corrected chi connectivity index (χ4v) is 4.68. The molecule has 1 aliphatic heterocycles. The summed E-state index contributed by atoms with van der Waals surface area (Å²) in [6, 6.07) is 4.37. The molecular formula is C12H12Cl3NO3S. The maximum atomic E-state index is 12.1. The van der Waals surface area contributed by atoms with Gasteiger partial charge in [0.1, 0.15) is 5.88 Å². The number of carbonyl (C=O) groups excluding carboxylic acids is 1. The molecule has 0 spiro atoms. The van der Waals surface area contributed by atoms with Crippen molar-refractivity contribution in [2.45, 2.75) is 12.5 Å². The first-order valence-electron chi connectivity index (χ1n) is 5.88. The van der Waals surface area contributed by atoms with Gasteiger partial charge in [-0.1, -0.05) is 29.3 Å². The van der Waals surface area contributed by atoms with Crippen molar-refractivity contribution in [2.24, 2.45) is 0 Å². The van der Waals surface area contributed by atoms with E-state index in [1.54, 1.807) is 18.2 Å². The number of hydrogen-bond acceptors (Lipinski definition) is 3. The maximum absolute atomic E-state index is 12.1. The summed E-state index contributed by atoms with van der Waals surface area (Å²) in [6.07, 6.45) is 0.354. The van der Waals surface area contributed by atoms with Crippen LogP contribution in [0.4, 0.5) is 5.69 Å². The van der Waals surface area contributed by atoms with Crippen molar-refractivity contribution in [3.63, 3.8) is 0 Å². The van der Waals surface area contributed by atoms with Crippen molar-refractivity contribution in [3.8, 4) is 0 Å². The van der Waals surface area contributed by atoms with Crippen molar-refractivity contribution in [1.29, 1.82) is 0 Å². The van der Waals surface area contributed by atoms with Crippen molar-refractivity contribution in [3.05, 3.63) is 28.2 Å². The normalized spacial score (nSPS) is 20.9. The number of hydrogen-bond donors (Lipinski definition) is 0. The van der Waals surface area contributed by atoms with Crippen LogP contribution in [0.2, 0.25) is 10.0 Å². The van der Waals surface area contributed by atoms with Crippen LogP contribution in [0.1, 0.15) is 6.42 Å². The van der Waals surface area contributed by atoms with Gasteiger partial charge in [-0.15, -0.1) is 11.6 Å². The molecule has 4 nitrogen and oxygen atoms in total. The number of amides is 1. The molecule has 1 heterocycles. The summed E-state index contributed by atoms with van der Waals surface area (Å²) in [4.78, 5) is 13.4. The lowest BCUT2D eigenvalue weighted by Gasteiger charge is -2.29. The molecule has 1 amide bonds. The molecule has 1 aromatic carbocycles. The Kier molecular flexibility index (Phi) is 4.84. The van der Waals surface area contributed by atoms with Gasteiger partial charge in [0, 0.05) is 0 Å². The van der Waals surface area contributed by atoms with Crippen LogP contribution < -0.4 is 4.90 Å². The van der Waals surface area contributed by atoms with E-state index in [9.17, 15) is 13.2 Å². The molecule has 2 rings (SSSR count). The Morgan fingerprint density at radius 3 is 2.35 bits per heavy atom. The monoisotopic (exact) mass is 355 g/mol. The Morgan fingerprint density at radius 1 is 1.30 bits per heavy atom. The van der Waals surface area contributed by atoms with Crippen molar-refractivity contribution in [1.82, 2.24) is 0 Å². The Labute approximate surface area is 132 Å². The Balaban J connectivity index is 2.46. The molecule has 0 aromatic heterocycles. The second-order valence-corrected chi connectivity index (χ2v) is 7.83. The first-order chi connectivity index (χ1) is 9.35. The molecule has 20 heavy (non-hydrogen) atoms. The van der Waals surface area contributed by atoms with E-state index in [1.807, 2.05) is 0 Å². The zero-order chi connectivity index (χ0) is 14.9. The van der Waals surface area contributed by atoms with Gasteiger partial charge in [0.15, 0.2) is 9.84 Å². The van der Waals surface area contributed by atoms with Crippen LogP contribution in [0, 0.1) is 0 Å². The highest BCUT2D eigenvalue weighted by Gasteiger charge is 2.36. The van der Waals surface area contributed by atoms with E-state index >= 15 is 0 Å². The van der Waals surface area contributed by atoms with Gasteiger partial charge in [0.2, 0.25) is 5.91 Å². The number of benzene rings is 1. The highest BCUT2D eigenvalue weighted by molar-refractivity contribution is 7.91. The van der Waals surface area contributed by atoms with E-state index in [1.165, 1.54) is 4.90 Å². The van der Waals surface area contributed by atoms with Gasteiger partial charge >= 0.3 is 0 Å². The van der Waals surface area contributed by atoms with Gasteiger partial charge in [-0.05, 0) is 18.6 Å². The van der Waals surface area contributed by atoms with Crippen LogP contribution in [0.15, 0.2) is 18.2 Å². The van der Waals surface area contributed by atoms with E-state index in [-0.39, 0.29) is 17.4 Å². The molecule has 0 N–H and O–H groups in total. The predicted octanol–water partition coefficient (Wildman–Crippen LogP) is 2.75. The molecule has 8 heteroatoms. The molecular weight excluding hydrogens is 345 g/mol. The molecule has 0 unspecified atom stereocenters. The number of para-hydroxylation sites is 1. The zero-order valence-corrected chi connectivity index (χ0v) is 13.4. The van der Waals surface area contributed by atoms with Crippen LogP contribution in [0.5, 0.6) is 0 Å². The van der Waals surface area contributed by atoms with Crippen molar-refractivity contribution < 1.29 is 13.2 Å². The molecule has 0 saturated carbocycles. The lowest BCUT2D eigenvalue weighted by molar-refractivity contribution is -0.116. The van der Waals surface area contributed by atoms with Gasteiger partial charge in [-0.2, -0.15) is 0 Å². The average Bonchev–Trinajstić information content (AvgIpc) is 2.73. The van der Waals surface area contributed by atoms with Gasteiger partial charge in [-0.3, -0.25) is 4.79 Å². The first kappa shape index (κ1) is 15.9. The third-order valence-corrected chi connectivity index (χ3v) is 5.72. The first-order valence-corrected chi connectivity index (χ1v) is 8.99. The second kappa shape index (κ2) is 6.10. The average molecular weight is 357 g/mol. The number of anilines is 1. The quantitative estimate of drug-likeness (QED) is 0.783. The zero-order valence-electron chi connectivity index (χ0n) is 10.4. The van der Waals surface area contributed by atoms with Crippen LogP contribution >= 0.6 is 34.8 Å². The van der Waals surface area contributed by atoms with E-state index in [2.05, 4.69) is 0 Å². The minimum Gasteiger partial charge on any atom is -0.304 e. The highest BCUT2D eigenvalue weighted by Crippen LogP contribution is 2.36. The van der Waals surface area contributed by atoms with Crippen molar-refractivity contribution >= 4 is 56.2 Å². The summed E-state index contributed by atoms with van der Waals surface area (Å²) in [7, 11) is -3.14. The summed E-state index contributed by atoms with van der Waals surface area (Å²) < 4.78 is 23.2. The summed E-state index contributed by atoms with van der Waals surface area (Å²) in [5, 5.41) is 0.584. The summed E-state index contributed by atoms with van der Waals surface area (Å²) in [5.74, 6) is -0.732. The van der Waals surface area contributed by atoms with E-state index < -0.39 is 21.8 Å². The minimum atomic E-state index is -3.14. The third-order valence-electron chi connectivity index (χ3n) is 3.14. The van der Waals surface area contributed by atoms with E-state index in [0.29, 0.717) is 22.2 Å². The molecule has 110 valence electrons. The fourth-order valence-electron chi connectivity index (χ4n) is 2.27. The Morgan fingerprint density at radius 2 is 1.90 bits per heavy atom. The molecule has 1 fully saturated rings.